The smallest absolute Gasteiger partial charge is 0.409 e. The van der Waals surface area contributed by atoms with Crippen molar-refractivity contribution in [1.82, 2.24) is 10.6 Å². The van der Waals surface area contributed by atoms with Gasteiger partial charge in [-0.3, -0.25) is 14.9 Å². The number of fused-ring (bicyclic) bond motifs is 5. The van der Waals surface area contributed by atoms with Crippen LogP contribution in [0, 0.1) is 11.8 Å². The van der Waals surface area contributed by atoms with Gasteiger partial charge in [-0.2, -0.15) is 0 Å². The topological polar surface area (TPSA) is 139 Å². The number of halogens is 1. The summed E-state index contributed by atoms with van der Waals surface area (Å²) < 4.78 is 23.1. The van der Waals surface area contributed by atoms with Crippen molar-refractivity contribution in [3.8, 4) is 5.75 Å². The first-order valence-electron chi connectivity index (χ1n) is 15.3. The zero-order valence-electron chi connectivity index (χ0n) is 27.3. The molecular weight excluding hydrogens is 602 g/mol. The van der Waals surface area contributed by atoms with E-state index < -0.39 is 47.7 Å². The number of aliphatic hydroxyl groups is 1. The average Bonchev–Trinajstić information content (AvgIpc) is 3.69. The molecule has 0 spiro atoms. The van der Waals surface area contributed by atoms with Crippen molar-refractivity contribution < 1.29 is 38.4 Å². The summed E-state index contributed by atoms with van der Waals surface area (Å²) in [5.74, 6) is -0.733. The molecule has 45 heavy (non-hydrogen) atoms. The van der Waals surface area contributed by atoms with Crippen molar-refractivity contribution in [3.63, 3.8) is 0 Å². The van der Waals surface area contributed by atoms with Crippen molar-refractivity contribution in [1.29, 1.82) is 0 Å². The molecular formula is C33H46ClN3O8. The highest BCUT2D eigenvalue weighted by atomic mass is 35.5. The molecule has 0 radical (unpaired) electrons. The standard InChI is InChI=1S/C33H46ClN3O8/c1-18-10-9-11-27(43-8)33(41)17-26(44-31(40)36-33)19(2)30-32(4,45-30)22(15-24(38)20(3)35-5)16-28(39)37(6)23-13-21(12-18)14-25(42-7)29(23)34/h9-11,13-14,19-20,22,26-27,30,35,41H,12,15-17H2,1-8H3,(H,36,40)/b11-9+,18-10+. The number of amides is 2. The normalized spacial score (nSPS) is 34.8. The number of ketones is 1. The molecule has 4 bridgehead atoms. The highest BCUT2D eigenvalue weighted by Gasteiger charge is 2.63. The Balaban J connectivity index is 1.80. The van der Waals surface area contributed by atoms with E-state index >= 15 is 0 Å². The highest BCUT2D eigenvalue weighted by Crippen LogP contribution is 2.52. The first-order valence-corrected chi connectivity index (χ1v) is 15.6. The largest absolute Gasteiger partial charge is 0.495 e. The Morgan fingerprint density at radius 2 is 2.02 bits per heavy atom. The van der Waals surface area contributed by atoms with E-state index in [1.165, 1.54) is 19.1 Å². The van der Waals surface area contributed by atoms with E-state index in [-0.39, 0.29) is 36.9 Å². The Morgan fingerprint density at radius 3 is 2.67 bits per heavy atom. The van der Waals surface area contributed by atoms with Crippen molar-refractivity contribution >= 4 is 35.1 Å². The molecule has 3 aliphatic heterocycles. The molecule has 0 aromatic heterocycles. The zero-order valence-corrected chi connectivity index (χ0v) is 28.1. The van der Waals surface area contributed by atoms with Gasteiger partial charge < -0.3 is 34.3 Å². The zero-order chi connectivity index (χ0) is 33.3. The summed E-state index contributed by atoms with van der Waals surface area (Å²) in [4.78, 5) is 41.3. The van der Waals surface area contributed by atoms with Gasteiger partial charge in [0.2, 0.25) is 5.91 Å². The van der Waals surface area contributed by atoms with Crippen LogP contribution in [0.15, 0.2) is 35.9 Å². The Bertz CT molecular complexity index is 1370. The molecule has 1 aromatic rings. The average molecular weight is 648 g/mol. The lowest BCUT2D eigenvalue weighted by Gasteiger charge is -2.42. The Kier molecular flexibility index (Phi) is 10.7. The molecule has 4 rings (SSSR count). The van der Waals surface area contributed by atoms with Gasteiger partial charge in [0.1, 0.15) is 28.8 Å². The van der Waals surface area contributed by atoms with Crippen LogP contribution in [0.1, 0.15) is 52.5 Å². The second-order valence-corrected chi connectivity index (χ2v) is 13.1. The lowest BCUT2D eigenvalue weighted by atomic mass is 9.78. The van der Waals surface area contributed by atoms with E-state index in [9.17, 15) is 19.5 Å². The van der Waals surface area contributed by atoms with E-state index in [1.807, 2.05) is 39.0 Å². The minimum atomic E-state index is -1.75. The number of Topliss-reactive ketones (excluding diaryl/α,β-unsaturated/α-hetero) is 1. The van der Waals surface area contributed by atoms with E-state index in [4.69, 9.17) is 30.5 Å². The van der Waals surface area contributed by atoms with Crippen LogP contribution in [0.3, 0.4) is 0 Å². The van der Waals surface area contributed by atoms with Crippen molar-refractivity contribution in [3.05, 3.63) is 46.5 Å². The number of allylic oxidation sites excluding steroid dienone is 3. The van der Waals surface area contributed by atoms with Crippen LogP contribution in [0.4, 0.5) is 10.5 Å². The van der Waals surface area contributed by atoms with Crippen LogP contribution >= 0.6 is 11.6 Å². The summed E-state index contributed by atoms with van der Waals surface area (Å²) in [5.41, 5.74) is -0.285. The van der Waals surface area contributed by atoms with Gasteiger partial charge >= 0.3 is 6.09 Å². The quantitative estimate of drug-likeness (QED) is 0.392. The highest BCUT2D eigenvalue weighted by molar-refractivity contribution is 6.35. The molecule has 3 aliphatic rings. The Labute approximate surface area is 270 Å². The second-order valence-electron chi connectivity index (χ2n) is 12.7. The Morgan fingerprint density at radius 1 is 1.31 bits per heavy atom. The van der Waals surface area contributed by atoms with Crippen molar-refractivity contribution in [2.75, 3.05) is 33.2 Å². The molecule has 8 atom stereocenters. The lowest BCUT2D eigenvalue weighted by molar-refractivity contribution is -0.142. The van der Waals surface area contributed by atoms with Crippen molar-refractivity contribution in [2.45, 2.75) is 89.1 Å². The summed E-state index contributed by atoms with van der Waals surface area (Å²) in [5, 5.41) is 17.5. The number of epoxide rings is 1. The number of benzene rings is 1. The third-order valence-electron chi connectivity index (χ3n) is 9.55. The molecule has 2 fully saturated rings. The molecule has 2 saturated heterocycles. The number of carbonyl (C=O) groups is 3. The van der Waals surface area contributed by atoms with Gasteiger partial charge in [0, 0.05) is 45.3 Å². The summed E-state index contributed by atoms with van der Waals surface area (Å²) in [6.07, 6.45) is 3.18. The van der Waals surface area contributed by atoms with E-state index in [2.05, 4.69) is 10.6 Å². The van der Waals surface area contributed by atoms with Crippen LogP contribution in [-0.4, -0.2) is 86.9 Å². The molecule has 11 nitrogen and oxygen atoms in total. The van der Waals surface area contributed by atoms with Gasteiger partial charge in [0.25, 0.3) is 0 Å². The van der Waals surface area contributed by atoms with Crippen LogP contribution in [0.5, 0.6) is 5.75 Å². The van der Waals surface area contributed by atoms with E-state index in [1.54, 1.807) is 33.2 Å². The number of rotatable bonds is 6. The molecule has 3 heterocycles. The number of nitrogens with zero attached hydrogens (tertiary/aromatic N) is 1. The molecule has 2 amide bonds. The number of nitrogens with one attached hydrogen (secondary N) is 2. The maximum absolute atomic E-state index is 13.9. The molecule has 3 N–H and O–H groups in total. The fraction of sp³-hybridized carbons (Fsp3) is 0.606. The minimum absolute atomic E-state index is 0.00577. The lowest BCUT2D eigenvalue weighted by Crippen LogP contribution is -2.63. The number of anilines is 1. The Hall–Kier alpha value is -2.96. The molecule has 0 saturated carbocycles. The van der Waals surface area contributed by atoms with E-state index in [0.29, 0.717) is 22.9 Å². The number of alkyl carbamates (subject to hydrolysis) is 1. The predicted molar refractivity (Wildman–Crippen MR) is 170 cm³/mol. The fourth-order valence-electron chi connectivity index (χ4n) is 6.42. The maximum Gasteiger partial charge on any atom is 0.409 e. The third-order valence-corrected chi connectivity index (χ3v) is 9.93. The predicted octanol–water partition coefficient (Wildman–Crippen LogP) is 3.94. The van der Waals surface area contributed by atoms with Gasteiger partial charge in [-0.05, 0) is 51.9 Å². The van der Waals surface area contributed by atoms with Crippen LogP contribution < -0.4 is 20.3 Å². The second kappa shape index (κ2) is 13.8. The fourth-order valence-corrected chi connectivity index (χ4v) is 6.74. The number of likely N-dealkylation sites (N-methyl/N-ethyl adjacent to an activating group) is 1. The number of hydrogen-bond donors (Lipinski definition) is 3. The third kappa shape index (κ3) is 7.38. The monoisotopic (exact) mass is 647 g/mol. The van der Waals surface area contributed by atoms with Gasteiger partial charge in [0.05, 0.1) is 30.5 Å². The SMILES string of the molecule is CNC(C)C(=O)CC1CC(=O)N(C)c2cc(cc(OC)c2Cl)C/C(C)=C/C=C/C(OC)C2(O)CC(OC(=O)N2)C(C)C2OC12C. The first kappa shape index (κ1) is 34.9. The molecule has 0 aliphatic carbocycles. The maximum atomic E-state index is 13.9. The number of carbonyl (C=O) groups excluding carboxylic acids is 3. The van der Waals surface area contributed by atoms with Gasteiger partial charge in [0.15, 0.2) is 5.72 Å². The molecule has 248 valence electrons. The van der Waals surface area contributed by atoms with Crippen LogP contribution in [0.25, 0.3) is 0 Å². The van der Waals surface area contributed by atoms with Crippen LogP contribution in [-0.2, 0) is 30.2 Å². The number of methoxy groups -OCH3 is 2. The first-order chi connectivity index (χ1) is 21.2. The van der Waals surface area contributed by atoms with Crippen molar-refractivity contribution in [2.24, 2.45) is 11.8 Å². The molecule has 8 unspecified atom stereocenters. The summed E-state index contributed by atoms with van der Waals surface area (Å²) in [6, 6.07) is 3.27. The number of ether oxygens (including phenoxy) is 4. The van der Waals surface area contributed by atoms with Crippen LogP contribution in [0.2, 0.25) is 5.02 Å². The summed E-state index contributed by atoms with van der Waals surface area (Å²) in [6.45, 7) is 7.49. The van der Waals surface area contributed by atoms with Gasteiger partial charge in [-0.1, -0.05) is 42.3 Å². The minimum Gasteiger partial charge on any atom is -0.495 e. The summed E-state index contributed by atoms with van der Waals surface area (Å²) >= 11 is 6.72. The van der Waals surface area contributed by atoms with E-state index in [0.717, 1.165) is 11.1 Å². The number of hydrogen-bond acceptors (Lipinski definition) is 9. The van der Waals surface area contributed by atoms with Gasteiger partial charge in [-0.25, -0.2) is 4.79 Å². The molecule has 1 aromatic carbocycles. The van der Waals surface area contributed by atoms with Gasteiger partial charge in [-0.15, -0.1) is 0 Å². The molecule has 12 heteroatoms. The summed E-state index contributed by atoms with van der Waals surface area (Å²) in [7, 11) is 6.35.